The molecule has 0 heterocycles. The molecule has 0 aromatic rings. The molecule has 6 heteroatoms. The smallest absolute Gasteiger partial charge is 0.220 e. The lowest BCUT2D eigenvalue weighted by atomic mass is 10.2. The van der Waals surface area contributed by atoms with Gasteiger partial charge in [0.05, 0.1) is 6.26 Å². The van der Waals surface area contributed by atoms with E-state index in [1.807, 2.05) is 6.92 Å². The van der Waals surface area contributed by atoms with Gasteiger partial charge in [-0.1, -0.05) is 13.3 Å². The minimum Gasteiger partial charge on any atom is -0.355 e. The molecule has 0 radical (unpaired) electrons. The van der Waals surface area contributed by atoms with E-state index < -0.39 is 10.0 Å². The second-order valence-corrected chi connectivity index (χ2v) is 4.95. The summed E-state index contributed by atoms with van der Waals surface area (Å²) in [6.45, 7) is 2.60. The lowest BCUT2D eigenvalue weighted by molar-refractivity contribution is -0.121. The number of hydrogen-bond acceptors (Lipinski definition) is 3. The summed E-state index contributed by atoms with van der Waals surface area (Å²) < 4.78 is 23.5. The van der Waals surface area contributed by atoms with Crippen molar-refractivity contribution in [3.8, 4) is 0 Å². The van der Waals surface area contributed by atoms with Gasteiger partial charge in [0.25, 0.3) is 0 Å². The molecule has 0 unspecified atom stereocenters. The fraction of sp³-hybridized carbons (Fsp3) is 0.875. The number of amides is 1. The van der Waals surface area contributed by atoms with E-state index in [1.165, 1.54) is 0 Å². The van der Waals surface area contributed by atoms with Gasteiger partial charge >= 0.3 is 0 Å². The van der Waals surface area contributed by atoms with Gasteiger partial charge in [-0.3, -0.25) is 4.79 Å². The molecule has 0 fully saturated rings. The summed E-state index contributed by atoms with van der Waals surface area (Å²) in [5.41, 5.74) is 0. The normalized spacial score (nSPS) is 11.3. The third-order valence-corrected chi connectivity index (χ3v) is 2.30. The topological polar surface area (TPSA) is 75.3 Å². The Labute approximate surface area is 85.3 Å². The number of rotatable bonds is 7. The van der Waals surface area contributed by atoms with Gasteiger partial charge in [0.15, 0.2) is 0 Å². The first-order valence-corrected chi connectivity index (χ1v) is 6.56. The molecule has 84 valence electrons. The van der Waals surface area contributed by atoms with Crippen molar-refractivity contribution in [3.63, 3.8) is 0 Å². The van der Waals surface area contributed by atoms with Crippen molar-refractivity contribution in [2.24, 2.45) is 0 Å². The maximum atomic E-state index is 11.0. The summed E-state index contributed by atoms with van der Waals surface area (Å²) in [5.74, 6) is -0.0258. The van der Waals surface area contributed by atoms with Gasteiger partial charge in [-0.15, -0.1) is 0 Å². The average Bonchev–Trinajstić information content (AvgIpc) is 2.07. The zero-order valence-electron chi connectivity index (χ0n) is 8.67. The minimum absolute atomic E-state index is 0.0258. The molecule has 0 aromatic heterocycles. The Hall–Kier alpha value is -0.620. The standard InChI is InChI=1S/C8H18N2O3S/c1-3-4-5-8(11)9-6-7-10-14(2,12)13/h10H,3-7H2,1-2H3,(H,9,11). The molecule has 0 aliphatic heterocycles. The van der Waals surface area contributed by atoms with E-state index in [1.54, 1.807) is 0 Å². The molecule has 0 saturated heterocycles. The number of sulfonamides is 1. The second kappa shape index (κ2) is 6.78. The Morgan fingerprint density at radius 1 is 1.29 bits per heavy atom. The molecular formula is C8H18N2O3S. The second-order valence-electron chi connectivity index (χ2n) is 3.12. The lowest BCUT2D eigenvalue weighted by Crippen LogP contribution is -2.34. The van der Waals surface area contributed by atoms with Crippen molar-refractivity contribution in [2.45, 2.75) is 26.2 Å². The van der Waals surface area contributed by atoms with Crippen molar-refractivity contribution in [3.05, 3.63) is 0 Å². The summed E-state index contributed by atoms with van der Waals surface area (Å²) in [6, 6.07) is 0. The van der Waals surface area contributed by atoms with Crippen LogP contribution in [0.25, 0.3) is 0 Å². The zero-order valence-corrected chi connectivity index (χ0v) is 9.49. The van der Waals surface area contributed by atoms with Crippen LogP contribution >= 0.6 is 0 Å². The number of carbonyl (C=O) groups excluding carboxylic acids is 1. The van der Waals surface area contributed by atoms with E-state index >= 15 is 0 Å². The summed E-state index contributed by atoms with van der Waals surface area (Å²) in [4.78, 5) is 11.0. The van der Waals surface area contributed by atoms with Gasteiger partial charge < -0.3 is 5.32 Å². The van der Waals surface area contributed by atoms with Crippen molar-refractivity contribution in [1.82, 2.24) is 10.0 Å². The summed E-state index contributed by atoms with van der Waals surface area (Å²) in [5, 5.41) is 2.62. The van der Waals surface area contributed by atoms with Crippen molar-refractivity contribution < 1.29 is 13.2 Å². The largest absolute Gasteiger partial charge is 0.355 e. The molecule has 0 aliphatic rings. The van der Waals surface area contributed by atoms with Crippen LogP contribution in [0.4, 0.5) is 0 Å². The highest BCUT2D eigenvalue weighted by Crippen LogP contribution is 1.92. The predicted octanol–water partition coefficient (Wildman–Crippen LogP) is -0.158. The summed E-state index contributed by atoms with van der Waals surface area (Å²) >= 11 is 0. The Bertz CT molecular complexity index is 262. The first-order valence-electron chi connectivity index (χ1n) is 4.67. The minimum atomic E-state index is -3.14. The highest BCUT2D eigenvalue weighted by Gasteiger charge is 2.01. The quantitative estimate of drug-likeness (QED) is 0.588. The first kappa shape index (κ1) is 13.4. The Kier molecular flexibility index (Phi) is 6.48. The van der Waals surface area contributed by atoms with Gasteiger partial charge in [0, 0.05) is 19.5 Å². The van der Waals surface area contributed by atoms with Crippen molar-refractivity contribution >= 4 is 15.9 Å². The van der Waals surface area contributed by atoms with Gasteiger partial charge in [-0.2, -0.15) is 0 Å². The fourth-order valence-corrected chi connectivity index (χ4v) is 1.34. The molecule has 2 N–H and O–H groups in total. The molecule has 0 aromatic carbocycles. The Morgan fingerprint density at radius 3 is 2.43 bits per heavy atom. The predicted molar refractivity (Wildman–Crippen MR) is 55.4 cm³/mol. The van der Waals surface area contributed by atoms with E-state index in [9.17, 15) is 13.2 Å². The van der Waals surface area contributed by atoms with Crippen LogP contribution in [0.3, 0.4) is 0 Å². The number of carbonyl (C=O) groups is 1. The average molecular weight is 222 g/mol. The van der Waals surface area contributed by atoms with Crippen molar-refractivity contribution in [2.75, 3.05) is 19.3 Å². The highest BCUT2D eigenvalue weighted by atomic mass is 32.2. The molecule has 0 atom stereocenters. The number of hydrogen-bond donors (Lipinski definition) is 2. The Balaban J connectivity index is 3.41. The van der Waals surface area contributed by atoms with Crippen LogP contribution in [0.1, 0.15) is 26.2 Å². The molecule has 1 amide bonds. The summed E-state index contributed by atoms with van der Waals surface area (Å²) in [6.07, 6.45) is 3.45. The van der Waals surface area contributed by atoms with E-state index in [2.05, 4.69) is 10.0 Å². The first-order chi connectivity index (χ1) is 6.45. The van der Waals surface area contributed by atoms with Crippen LogP contribution < -0.4 is 10.0 Å². The summed E-state index contributed by atoms with van der Waals surface area (Å²) in [7, 11) is -3.14. The fourth-order valence-electron chi connectivity index (χ4n) is 0.864. The third kappa shape index (κ3) is 9.47. The SMILES string of the molecule is CCCCC(=O)NCCNS(C)(=O)=O. The van der Waals surface area contributed by atoms with Crippen LogP contribution in [-0.4, -0.2) is 33.7 Å². The van der Waals surface area contributed by atoms with E-state index in [0.717, 1.165) is 19.1 Å². The molecule has 0 saturated carbocycles. The van der Waals surface area contributed by atoms with Gasteiger partial charge in [-0.25, -0.2) is 13.1 Å². The highest BCUT2D eigenvalue weighted by molar-refractivity contribution is 7.88. The number of unbranched alkanes of at least 4 members (excludes halogenated alkanes) is 1. The van der Waals surface area contributed by atoms with E-state index in [4.69, 9.17) is 0 Å². The van der Waals surface area contributed by atoms with Crippen LogP contribution in [0.15, 0.2) is 0 Å². The molecule has 14 heavy (non-hydrogen) atoms. The molecule has 0 aliphatic carbocycles. The van der Waals surface area contributed by atoms with Crippen molar-refractivity contribution in [1.29, 1.82) is 0 Å². The molecule has 0 bridgehead atoms. The molecule has 0 spiro atoms. The molecule has 5 nitrogen and oxygen atoms in total. The van der Waals surface area contributed by atoms with Crippen LogP contribution in [0, 0.1) is 0 Å². The van der Waals surface area contributed by atoms with E-state index in [-0.39, 0.29) is 12.5 Å². The van der Waals surface area contributed by atoms with Crippen LogP contribution in [-0.2, 0) is 14.8 Å². The van der Waals surface area contributed by atoms with E-state index in [0.29, 0.717) is 13.0 Å². The van der Waals surface area contributed by atoms with Gasteiger partial charge in [0.2, 0.25) is 15.9 Å². The van der Waals surface area contributed by atoms with Crippen LogP contribution in [0.2, 0.25) is 0 Å². The van der Waals surface area contributed by atoms with Crippen LogP contribution in [0.5, 0.6) is 0 Å². The maximum absolute atomic E-state index is 11.0. The molecular weight excluding hydrogens is 204 g/mol. The van der Waals surface area contributed by atoms with Gasteiger partial charge in [0.1, 0.15) is 0 Å². The lowest BCUT2D eigenvalue weighted by Gasteiger charge is -2.04. The molecule has 0 rings (SSSR count). The Morgan fingerprint density at radius 2 is 1.93 bits per heavy atom. The third-order valence-electron chi connectivity index (χ3n) is 1.57. The zero-order chi connectivity index (χ0) is 11.0. The number of nitrogens with one attached hydrogen (secondary N) is 2. The maximum Gasteiger partial charge on any atom is 0.220 e. The van der Waals surface area contributed by atoms with Gasteiger partial charge in [-0.05, 0) is 6.42 Å². The monoisotopic (exact) mass is 222 g/mol.